The molecular formula is C17H16ClN7O. The van der Waals surface area contributed by atoms with Gasteiger partial charge in [-0.1, -0.05) is 18.2 Å². The van der Waals surface area contributed by atoms with Crippen molar-refractivity contribution >= 4 is 45.4 Å². The molecule has 1 aromatic carbocycles. The number of carbonyl (C=O) groups is 1. The number of amides is 1. The Bertz CT molecular complexity index is 1070. The predicted molar refractivity (Wildman–Crippen MR) is 100 cm³/mol. The highest BCUT2D eigenvalue weighted by atomic mass is 35.5. The van der Waals surface area contributed by atoms with Crippen molar-refractivity contribution in [3.05, 3.63) is 47.6 Å². The van der Waals surface area contributed by atoms with Crippen molar-refractivity contribution in [2.75, 3.05) is 18.4 Å². The van der Waals surface area contributed by atoms with Crippen LogP contribution in [0.5, 0.6) is 0 Å². The van der Waals surface area contributed by atoms with Gasteiger partial charge in [0.05, 0.1) is 12.9 Å². The van der Waals surface area contributed by atoms with E-state index in [1.165, 1.54) is 17.3 Å². The van der Waals surface area contributed by atoms with E-state index in [0.717, 1.165) is 11.9 Å². The Morgan fingerprint density at radius 1 is 1.19 bits per heavy atom. The minimum absolute atomic E-state index is 0.0758. The van der Waals surface area contributed by atoms with Gasteiger partial charge in [-0.2, -0.15) is 9.97 Å². The molecule has 0 saturated carbocycles. The lowest BCUT2D eigenvalue weighted by molar-refractivity contribution is -0.119. The summed E-state index contributed by atoms with van der Waals surface area (Å²) >= 11 is 5.86. The first-order valence-corrected chi connectivity index (χ1v) is 8.50. The third-order valence-corrected chi connectivity index (χ3v) is 4.24. The van der Waals surface area contributed by atoms with Gasteiger partial charge in [0.1, 0.15) is 5.52 Å². The first-order chi connectivity index (χ1) is 12.7. The van der Waals surface area contributed by atoms with Crippen LogP contribution in [0.4, 0.5) is 5.82 Å². The van der Waals surface area contributed by atoms with Crippen LogP contribution in [0.1, 0.15) is 5.56 Å². The van der Waals surface area contributed by atoms with Crippen LogP contribution in [0, 0.1) is 0 Å². The van der Waals surface area contributed by atoms with Crippen molar-refractivity contribution in [1.82, 2.24) is 30.2 Å². The number of nitrogens with one attached hydrogen (secondary N) is 4. The van der Waals surface area contributed by atoms with Crippen molar-refractivity contribution in [1.29, 1.82) is 0 Å². The number of anilines is 1. The molecule has 0 saturated heterocycles. The molecule has 26 heavy (non-hydrogen) atoms. The summed E-state index contributed by atoms with van der Waals surface area (Å²) < 4.78 is 0. The third-order valence-electron chi connectivity index (χ3n) is 4.07. The molecule has 4 aromatic rings. The first kappa shape index (κ1) is 16.3. The van der Waals surface area contributed by atoms with Crippen LogP contribution >= 0.6 is 11.6 Å². The van der Waals surface area contributed by atoms with E-state index in [4.69, 9.17) is 11.6 Å². The molecule has 132 valence electrons. The molecule has 0 radical (unpaired) electrons. The fraction of sp³-hybridized carbons (Fsp3) is 0.176. The summed E-state index contributed by atoms with van der Waals surface area (Å²) in [5, 5.41) is 7.11. The Hall–Kier alpha value is -3.13. The number of hydrogen-bond donors (Lipinski definition) is 4. The van der Waals surface area contributed by atoms with Crippen molar-refractivity contribution in [2.45, 2.75) is 6.42 Å². The molecule has 4 N–H and O–H groups in total. The van der Waals surface area contributed by atoms with Gasteiger partial charge in [-0.05, 0) is 29.7 Å². The maximum Gasteiger partial charge on any atom is 0.239 e. The number of hydrogen-bond acceptors (Lipinski definition) is 5. The van der Waals surface area contributed by atoms with E-state index < -0.39 is 0 Å². The second-order valence-corrected chi connectivity index (χ2v) is 6.09. The number of rotatable bonds is 6. The normalized spacial score (nSPS) is 11.1. The SMILES string of the molecule is O=C(CNc1nc(Cl)nc2nc[nH]c12)NCCc1c[nH]c2ccccc12. The molecule has 4 rings (SSSR count). The van der Waals surface area contributed by atoms with Crippen LogP contribution in [-0.4, -0.2) is 43.9 Å². The molecule has 0 aliphatic carbocycles. The Labute approximate surface area is 153 Å². The quantitative estimate of drug-likeness (QED) is 0.389. The number of aromatic amines is 2. The second-order valence-electron chi connectivity index (χ2n) is 5.76. The Morgan fingerprint density at radius 2 is 2.08 bits per heavy atom. The largest absolute Gasteiger partial charge is 0.361 e. The van der Waals surface area contributed by atoms with Gasteiger partial charge in [-0.3, -0.25) is 4.79 Å². The molecule has 9 heteroatoms. The summed E-state index contributed by atoms with van der Waals surface area (Å²) in [7, 11) is 0. The number of H-pyrrole nitrogens is 2. The maximum absolute atomic E-state index is 12.1. The van der Waals surface area contributed by atoms with Crippen LogP contribution < -0.4 is 10.6 Å². The highest BCUT2D eigenvalue weighted by Gasteiger charge is 2.10. The lowest BCUT2D eigenvalue weighted by Crippen LogP contribution is -2.31. The molecule has 0 fully saturated rings. The smallest absolute Gasteiger partial charge is 0.239 e. The third kappa shape index (κ3) is 3.31. The minimum atomic E-state index is -0.132. The number of halogens is 1. The van der Waals surface area contributed by atoms with Crippen LogP contribution in [0.2, 0.25) is 5.28 Å². The minimum Gasteiger partial charge on any atom is -0.361 e. The zero-order valence-corrected chi connectivity index (χ0v) is 14.5. The fourth-order valence-corrected chi connectivity index (χ4v) is 3.00. The summed E-state index contributed by atoms with van der Waals surface area (Å²) in [6.07, 6.45) is 4.23. The zero-order chi connectivity index (χ0) is 17.9. The number of fused-ring (bicyclic) bond motifs is 2. The summed E-state index contributed by atoms with van der Waals surface area (Å²) in [5.74, 6) is 0.316. The average molecular weight is 370 g/mol. The standard InChI is InChI=1S/C17H16ClN7O/c18-17-24-15(14-16(25-17)23-9-22-14)21-8-13(26)19-6-5-10-7-20-12-4-2-1-3-11(10)12/h1-4,7,9,20H,5-6,8H2,(H,19,26)(H2,21,22,23,24,25). The van der Waals surface area contributed by atoms with E-state index in [-0.39, 0.29) is 17.7 Å². The van der Waals surface area contributed by atoms with E-state index >= 15 is 0 Å². The van der Waals surface area contributed by atoms with E-state index in [2.05, 4.69) is 41.6 Å². The summed E-state index contributed by atoms with van der Waals surface area (Å²) in [6, 6.07) is 8.10. The van der Waals surface area contributed by atoms with Crippen LogP contribution in [0.25, 0.3) is 22.1 Å². The molecule has 0 bridgehead atoms. The number of aromatic nitrogens is 5. The molecule has 0 aliphatic heterocycles. The Balaban J connectivity index is 1.32. The first-order valence-electron chi connectivity index (χ1n) is 8.13. The molecule has 3 aromatic heterocycles. The predicted octanol–water partition coefficient (Wildman–Crippen LogP) is 2.26. The van der Waals surface area contributed by atoms with Crippen LogP contribution in [0.3, 0.4) is 0 Å². The van der Waals surface area contributed by atoms with E-state index in [0.29, 0.717) is 23.5 Å². The number of benzene rings is 1. The number of carbonyl (C=O) groups excluding carboxylic acids is 1. The maximum atomic E-state index is 12.1. The van der Waals surface area contributed by atoms with Crippen molar-refractivity contribution in [3.63, 3.8) is 0 Å². The Kier molecular flexibility index (Phi) is 4.40. The van der Waals surface area contributed by atoms with Crippen molar-refractivity contribution in [3.8, 4) is 0 Å². The molecule has 3 heterocycles. The molecular weight excluding hydrogens is 354 g/mol. The summed E-state index contributed by atoms with van der Waals surface area (Å²) in [5.41, 5.74) is 3.34. The van der Waals surface area contributed by atoms with E-state index in [1.54, 1.807) is 0 Å². The van der Waals surface area contributed by atoms with E-state index in [1.807, 2.05) is 24.4 Å². The number of imidazole rings is 1. The monoisotopic (exact) mass is 369 g/mol. The van der Waals surface area contributed by atoms with Gasteiger partial charge >= 0.3 is 0 Å². The molecule has 0 atom stereocenters. The van der Waals surface area contributed by atoms with Gasteiger partial charge in [0.15, 0.2) is 11.5 Å². The van der Waals surface area contributed by atoms with Gasteiger partial charge in [0.2, 0.25) is 11.2 Å². The van der Waals surface area contributed by atoms with Gasteiger partial charge in [0.25, 0.3) is 0 Å². The molecule has 0 aliphatic rings. The van der Waals surface area contributed by atoms with Crippen LogP contribution in [-0.2, 0) is 11.2 Å². The lowest BCUT2D eigenvalue weighted by Gasteiger charge is -2.08. The summed E-state index contributed by atoms with van der Waals surface area (Å²) in [6.45, 7) is 0.627. The summed E-state index contributed by atoms with van der Waals surface area (Å²) in [4.78, 5) is 30.4. The van der Waals surface area contributed by atoms with Gasteiger partial charge in [-0.15, -0.1) is 0 Å². The van der Waals surface area contributed by atoms with Gasteiger partial charge < -0.3 is 20.6 Å². The van der Waals surface area contributed by atoms with Gasteiger partial charge in [-0.25, -0.2) is 4.98 Å². The van der Waals surface area contributed by atoms with E-state index in [9.17, 15) is 4.79 Å². The van der Waals surface area contributed by atoms with Crippen molar-refractivity contribution < 1.29 is 4.79 Å². The second kappa shape index (κ2) is 7.01. The highest BCUT2D eigenvalue weighted by Crippen LogP contribution is 2.19. The molecule has 1 amide bonds. The lowest BCUT2D eigenvalue weighted by atomic mass is 10.1. The topological polar surface area (TPSA) is 111 Å². The molecule has 8 nitrogen and oxygen atoms in total. The number of para-hydroxylation sites is 1. The zero-order valence-electron chi connectivity index (χ0n) is 13.7. The van der Waals surface area contributed by atoms with Gasteiger partial charge in [0, 0.05) is 23.6 Å². The van der Waals surface area contributed by atoms with Crippen molar-refractivity contribution in [2.24, 2.45) is 0 Å². The number of nitrogens with zero attached hydrogens (tertiary/aromatic N) is 3. The van der Waals surface area contributed by atoms with Crippen LogP contribution in [0.15, 0.2) is 36.8 Å². The Morgan fingerprint density at radius 3 is 3.00 bits per heavy atom. The average Bonchev–Trinajstić information content (AvgIpc) is 3.27. The molecule has 0 spiro atoms. The fourth-order valence-electron chi connectivity index (χ4n) is 2.84. The molecule has 0 unspecified atom stereocenters. The highest BCUT2D eigenvalue weighted by molar-refractivity contribution is 6.28.